The minimum absolute atomic E-state index is 0.0225. The van der Waals surface area contributed by atoms with E-state index in [1.54, 1.807) is 22.9 Å². The van der Waals surface area contributed by atoms with Gasteiger partial charge in [-0.2, -0.15) is 5.10 Å². The van der Waals surface area contributed by atoms with E-state index in [2.05, 4.69) is 27.6 Å². The molecule has 1 fully saturated rings. The Labute approximate surface area is 157 Å². The number of allylic oxidation sites excluding steroid dienone is 2. The SMILES string of the molecule is C=C(/C=C\C=C1/CNC(C)CC(=O)N1)C(=O)Nc1nn(C)c2ccccc12. The van der Waals surface area contributed by atoms with Gasteiger partial charge in [-0.15, -0.1) is 0 Å². The second-order valence-corrected chi connectivity index (χ2v) is 6.55. The standard InChI is InChI=1S/C20H23N5O2/c1-13(7-6-8-15-12-21-14(2)11-18(26)22-15)20(27)23-19-16-9-4-5-10-17(16)25(3)24-19/h4-10,14,21H,1,11-12H2,2-3H3,(H,22,26)(H,23,24,27)/b7-6-,15-8+. The summed E-state index contributed by atoms with van der Waals surface area (Å²) in [5, 5.41) is 14.1. The molecule has 0 radical (unpaired) electrons. The summed E-state index contributed by atoms with van der Waals surface area (Å²) in [5.41, 5.74) is 1.98. The largest absolute Gasteiger partial charge is 0.328 e. The summed E-state index contributed by atoms with van der Waals surface area (Å²) in [4.78, 5) is 24.1. The fourth-order valence-electron chi connectivity index (χ4n) is 2.86. The van der Waals surface area contributed by atoms with Gasteiger partial charge in [0.2, 0.25) is 5.91 Å². The van der Waals surface area contributed by atoms with Crippen LogP contribution in [0, 0.1) is 0 Å². The maximum atomic E-state index is 12.4. The number of nitrogens with zero attached hydrogens (tertiary/aromatic N) is 2. The number of amides is 2. The Morgan fingerprint density at radius 1 is 1.41 bits per heavy atom. The van der Waals surface area contributed by atoms with Crippen molar-refractivity contribution in [2.75, 3.05) is 11.9 Å². The minimum Gasteiger partial charge on any atom is -0.328 e. The van der Waals surface area contributed by atoms with E-state index in [4.69, 9.17) is 0 Å². The third kappa shape index (κ3) is 4.51. The second-order valence-electron chi connectivity index (χ2n) is 6.55. The van der Waals surface area contributed by atoms with Gasteiger partial charge in [-0.25, -0.2) is 0 Å². The quantitative estimate of drug-likeness (QED) is 0.571. The van der Waals surface area contributed by atoms with Crippen LogP contribution in [0.3, 0.4) is 0 Å². The molecule has 27 heavy (non-hydrogen) atoms. The van der Waals surface area contributed by atoms with Crippen LogP contribution in [0.5, 0.6) is 0 Å². The van der Waals surface area contributed by atoms with Crippen molar-refractivity contribution in [3.05, 3.63) is 60.3 Å². The molecule has 1 aliphatic rings. The van der Waals surface area contributed by atoms with E-state index >= 15 is 0 Å². The highest BCUT2D eigenvalue weighted by atomic mass is 16.2. The number of aromatic nitrogens is 2. The first-order valence-corrected chi connectivity index (χ1v) is 8.76. The fourth-order valence-corrected chi connectivity index (χ4v) is 2.86. The molecule has 2 amide bonds. The smallest absolute Gasteiger partial charge is 0.256 e. The third-order valence-electron chi connectivity index (χ3n) is 4.31. The van der Waals surface area contributed by atoms with Gasteiger partial charge in [-0.1, -0.05) is 24.8 Å². The zero-order valence-corrected chi connectivity index (χ0v) is 15.5. The zero-order valence-electron chi connectivity index (χ0n) is 15.5. The molecule has 0 saturated carbocycles. The Morgan fingerprint density at radius 3 is 3.00 bits per heavy atom. The summed E-state index contributed by atoms with van der Waals surface area (Å²) < 4.78 is 1.72. The van der Waals surface area contributed by atoms with Crippen molar-refractivity contribution in [1.82, 2.24) is 20.4 Å². The molecule has 2 heterocycles. The molecule has 3 rings (SSSR count). The summed E-state index contributed by atoms with van der Waals surface area (Å²) in [6, 6.07) is 7.80. The van der Waals surface area contributed by atoms with Crippen LogP contribution in [0.25, 0.3) is 10.9 Å². The zero-order chi connectivity index (χ0) is 19.4. The average Bonchev–Trinajstić information content (AvgIpc) is 2.84. The lowest BCUT2D eigenvalue weighted by molar-refractivity contribution is -0.120. The lowest BCUT2D eigenvalue weighted by Crippen LogP contribution is -2.26. The van der Waals surface area contributed by atoms with Gasteiger partial charge in [0.15, 0.2) is 5.82 Å². The number of anilines is 1. The molecule has 1 aromatic carbocycles. The lowest BCUT2D eigenvalue weighted by atomic mass is 10.2. The van der Waals surface area contributed by atoms with Gasteiger partial charge in [0, 0.05) is 42.7 Å². The van der Waals surface area contributed by atoms with Crippen LogP contribution in [0.4, 0.5) is 5.82 Å². The number of aryl methyl sites for hydroxylation is 1. The van der Waals surface area contributed by atoms with Crippen molar-refractivity contribution in [2.45, 2.75) is 19.4 Å². The van der Waals surface area contributed by atoms with Gasteiger partial charge in [0.1, 0.15) is 0 Å². The van der Waals surface area contributed by atoms with Gasteiger partial charge in [-0.05, 0) is 31.2 Å². The van der Waals surface area contributed by atoms with Crippen molar-refractivity contribution in [2.24, 2.45) is 7.05 Å². The number of hydrogen-bond donors (Lipinski definition) is 3. The predicted octanol–water partition coefficient (Wildman–Crippen LogP) is 2.01. The molecular weight excluding hydrogens is 342 g/mol. The summed E-state index contributed by atoms with van der Waals surface area (Å²) in [5.74, 6) is 0.149. The van der Waals surface area contributed by atoms with Gasteiger partial charge in [0.05, 0.1) is 5.52 Å². The maximum absolute atomic E-state index is 12.4. The number of carbonyl (C=O) groups is 2. The molecule has 7 nitrogen and oxygen atoms in total. The molecule has 1 aromatic heterocycles. The summed E-state index contributed by atoms with van der Waals surface area (Å²) in [7, 11) is 1.83. The van der Waals surface area contributed by atoms with Crippen molar-refractivity contribution < 1.29 is 9.59 Å². The molecule has 3 N–H and O–H groups in total. The molecule has 1 unspecified atom stereocenters. The predicted molar refractivity (Wildman–Crippen MR) is 106 cm³/mol. The Bertz CT molecular complexity index is 954. The minimum atomic E-state index is -0.329. The van der Waals surface area contributed by atoms with Crippen molar-refractivity contribution in [1.29, 1.82) is 0 Å². The highest BCUT2D eigenvalue weighted by Gasteiger charge is 2.15. The Kier molecular flexibility index (Phi) is 5.52. The van der Waals surface area contributed by atoms with Crippen LogP contribution in [0.2, 0.25) is 0 Å². The monoisotopic (exact) mass is 365 g/mol. The first-order valence-electron chi connectivity index (χ1n) is 8.76. The molecule has 1 atom stereocenters. The fraction of sp³-hybridized carbons (Fsp3) is 0.250. The number of nitrogens with one attached hydrogen (secondary N) is 3. The molecular formula is C20H23N5O2. The number of fused-ring (bicyclic) bond motifs is 1. The summed E-state index contributed by atoms with van der Waals surface area (Å²) in [6.07, 6.45) is 5.51. The Morgan fingerprint density at radius 2 is 2.19 bits per heavy atom. The van der Waals surface area contributed by atoms with Gasteiger partial charge in [0.25, 0.3) is 5.91 Å². The van der Waals surface area contributed by atoms with E-state index in [-0.39, 0.29) is 17.9 Å². The number of para-hydroxylation sites is 1. The van der Waals surface area contributed by atoms with E-state index < -0.39 is 0 Å². The molecule has 2 aromatic rings. The highest BCUT2D eigenvalue weighted by Crippen LogP contribution is 2.22. The molecule has 0 bridgehead atoms. The van der Waals surface area contributed by atoms with Crippen molar-refractivity contribution in [3.8, 4) is 0 Å². The van der Waals surface area contributed by atoms with Crippen molar-refractivity contribution in [3.63, 3.8) is 0 Å². The van der Waals surface area contributed by atoms with Gasteiger partial charge >= 0.3 is 0 Å². The second kappa shape index (κ2) is 8.01. The number of carbonyl (C=O) groups excluding carboxylic acids is 2. The van der Waals surface area contributed by atoms with Crippen LogP contribution in [-0.4, -0.2) is 34.2 Å². The number of benzene rings is 1. The Hall–Kier alpha value is -3.19. The van der Waals surface area contributed by atoms with Crippen LogP contribution < -0.4 is 16.0 Å². The topological polar surface area (TPSA) is 88.1 Å². The highest BCUT2D eigenvalue weighted by molar-refractivity contribution is 6.08. The molecule has 0 aliphatic carbocycles. The molecule has 1 saturated heterocycles. The first kappa shape index (κ1) is 18.6. The van der Waals surface area contributed by atoms with E-state index in [0.717, 1.165) is 16.6 Å². The van der Waals surface area contributed by atoms with Gasteiger partial charge in [-0.3, -0.25) is 14.3 Å². The van der Waals surface area contributed by atoms with Crippen LogP contribution in [0.1, 0.15) is 13.3 Å². The van der Waals surface area contributed by atoms with Crippen molar-refractivity contribution >= 4 is 28.5 Å². The van der Waals surface area contributed by atoms with Gasteiger partial charge < -0.3 is 16.0 Å². The number of hydrogen-bond acceptors (Lipinski definition) is 4. The van der Waals surface area contributed by atoms with E-state index in [9.17, 15) is 9.59 Å². The number of rotatable bonds is 4. The molecule has 1 aliphatic heterocycles. The maximum Gasteiger partial charge on any atom is 0.256 e. The van der Waals surface area contributed by atoms with Crippen LogP contribution >= 0.6 is 0 Å². The first-order chi connectivity index (χ1) is 12.9. The van der Waals surface area contributed by atoms with Crippen LogP contribution in [0.15, 0.2) is 60.3 Å². The van der Waals surface area contributed by atoms with E-state index in [1.807, 2.05) is 38.2 Å². The van der Waals surface area contributed by atoms with E-state index in [0.29, 0.717) is 24.4 Å². The Balaban J connectivity index is 1.65. The third-order valence-corrected chi connectivity index (χ3v) is 4.31. The molecule has 140 valence electrons. The van der Waals surface area contributed by atoms with E-state index in [1.165, 1.54) is 0 Å². The summed E-state index contributed by atoms with van der Waals surface area (Å²) >= 11 is 0. The molecule has 7 heteroatoms. The normalized spacial score (nSPS) is 19.3. The molecule has 0 spiro atoms. The van der Waals surface area contributed by atoms with Crippen LogP contribution in [-0.2, 0) is 16.6 Å². The average molecular weight is 365 g/mol. The lowest BCUT2D eigenvalue weighted by Gasteiger charge is -2.05. The summed E-state index contributed by atoms with van der Waals surface area (Å²) in [6.45, 7) is 6.33.